The Morgan fingerprint density at radius 1 is 1.27 bits per heavy atom. The maximum absolute atomic E-state index is 14.2. The van der Waals surface area contributed by atoms with E-state index in [9.17, 15) is 8.78 Å². The van der Waals surface area contributed by atoms with Gasteiger partial charge in [0.25, 0.3) is 0 Å². The number of fused-ring (bicyclic) bond motifs is 1. The molecule has 0 spiro atoms. The quantitative estimate of drug-likeness (QED) is 0.629. The monoisotopic (exact) mass is 310 g/mol. The topological polar surface area (TPSA) is 9.23 Å². The molecule has 0 saturated carbocycles. The van der Waals surface area contributed by atoms with Crippen molar-refractivity contribution in [3.8, 4) is 5.75 Å². The highest BCUT2D eigenvalue weighted by molar-refractivity contribution is 5.40. The molecular formula is C19H28F2O. The largest absolute Gasteiger partial charge is 0.494 e. The standard InChI is InChI=1S/C19H28F2O/c1-4-6-13(2)7-5-8-14-9-10-15-12-17(22-3)19(21)18(20)16(15)11-14/h12-14H,4-11H2,1-3H3. The zero-order chi connectivity index (χ0) is 16.1. The van der Waals surface area contributed by atoms with Crippen LogP contribution in [0, 0.1) is 23.5 Å². The molecule has 2 atom stereocenters. The second-order valence-electron chi connectivity index (χ2n) is 6.78. The molecule has 1 aliphatic rings. The van der Waals surface area contributed by atoms with Crippen molar-refractivity contribution < 1.29 is 13.5 Å². The summed E-state index contributed by atoms with van der Waals surface area (Å²) in [5.41, 5.74) is 1.50. The lowest BCUT2D eigenvalue weighted by atomic mass is 9.80. The van der Waals surface area contributed by atoms with Gasteiger partial charge in [0.1, 0.15) is 0 Å². The summed E-state index contributed by atoms with van der Waals surface area (Å²) in [7, 11) is 1.38. The van der Waals surface area contributed by atoms with Crippen molar-refractivity contribution in [1.29, 1.82) is 0 Å². The SMILES string of the molecule is CCCC(C)CCCC1CCc2cc(OC)c(F)c(F)c2C1. The third kappa shape index (κ3) is 3.99. The fraction of sp³-hybridized carbons (Fsp3) is 0.684. The second-order valence-corrected chi connectivity index (χ2v) is 6.78. The number of halogens is 2. The Morgan fingerprint density at radius 3 is 2.73 bits per heavy atom. The molecule has 22 heavy (non-hydrogen) atoms. The zero-order valence-electron chi connectivity index (χ0n) is 14.1. The maximum Gasteiger partial charge on any atom is 0.200 e. The summed E-state index contributed by atoms with van der Waals surface area (Å²) < 4.78 is 33.0. The van der Waals surface area contributed by atoms with Gasteiger partial charge < -0.3 is 4.74 Å². The highest BCUT2D eigenvalue weighted by Gasteiger charge is 2.25. The van der Waals surface area contributed by atoms with Gasteiger partial charge in [0.2, 0.25) is 5.82 Å². The second kappa shape index (κ2) is 7.94. The van der Waals surface area contributed by atoms with Gasteiger partial charge in [-0.1, -0.05) is 46.0 Å². The average molecular weight is 310 g/mol. The van der Waals surface area contributed by atoms with Crippen LogP contribution in [0.1, 0.15) is 63.5 Å². The van der Waals surface area contributed by atoms with Crippen LogP contribution < -0.4 is 4.74 Å². The lowest BCUT2D eigenvalue weighted by Crippen LogP contribution is -2.17. The number of hydrogen-bond donors (Lipinski definition) is 0. The molecule has 0 amide bonds. The fourth-order valence-electron chi connectivity index (χ4n) is 3.67. The lowest BCUT2D eigenvalue weighted by molar-refractivity contribution is 0.350. The Hall–Kier alpha value is -1.12. The van der Waals surface area contributed by atoms with E-state index in [1.165, 1.54) is 32.8 Å². The smallest absolute Gasteiger partial charge is 0.200 e. The normalized spacial score (nSPS) is 18.9. The van der Waals surface area contributed by atoms with Crippen molar-refractivity contribution in [2.45, 2.75) is 65.2 Å². The molecule has 0 N–H and O–H groups in total. The van der Waals surface area contributed by atoms with E-state index in [1.807, 2.05) is 0 Å². The molecule has 3 heteroatoms. The highest BCUT2D eigenvalue weighted by Crippen LogP contribution is 2.35. The molecule has 0 saturated heterocycles. The lowest BCUT2D eigenvalue weighted by Gasteiger charge is -2.26. The minimum absolute atomic E-state index is 0.0306. The third-order valence-electron chi connectivity index (χ3n) is 4.99. The van der Waals surface area contributed by atoms with Gasteiger partial charge in [-0.25, -0.2) is 4.39 Å². The summed E-state index contributed by atoms with van der Waals surface area (Å²) in [5.74, 6) is -0.233. The van der Waals surface area contributed by atoms with E-state index in [4.69, 9.17) is 4.74 Å². The maximum atomic E-state index is 14.2. The van der Waals surface area contributed by atoms with Crippen LogP contribution in [0.4, 0.5) is 8.78 Å². The average Bonchev–Trinajstić information content (AvgIpc) is 2.51. The molecule has 124 valence electrons. The van der Waals surface area contributed by atoms with E-state index in [0.29, 0.717) is 17.9 Å². The first-order valence-corrected chi connectivity index (χ1v) is 8.60. The number of hydrogen-bond acceptors (Lipinski definition) is 1. The molecule has 1 aromatic carbocycles. The molecule has 1 aromatic rings. The van der Waals surface area contributed by atoms with E-state index in [2.05, 4.69) is 13.8 Å². The minimum atomic E-state index is -0.835. The fourth-order valence-corrected chi connectivity index (χ4v) is 3.67. The summed E-state index contributed by atoms with van der Waals surface area (Å²) in [6.45, 7) is 4.53. The first-order chi connectivity index (χ1) is 10.6. The number of ether oxygens (including phenoxy) is 1. The Labute approximate surface area is 133 Å². The Morgan fingerprint density at radius 2 is 2.05 bits per heavy atom. The number of aryl methyl sites for hydroxylation is 1. The van der Waals surface area contributed by atoms with Crippen LogP contribution in [0.2, 0.25) is 0 Å². The highest BCUT2D eigenvalue weighted by atomic mass is 19.2. The van der Waals surface area contributed by atoms with Crippen LogP contribution in [0.15, 0.2) is 6.07 Å². The van der Waals surface area contributed by atoms with Gasteiger partial charge in [-0.3, -0.25) is 0 Å². The molecule has 0 aromatic heterocycles. The van der Waals surface area contributed by atoms with Crippen LogP contribution in [-0.4, -0.2) is 7.11 Å². The number of rotatable bonds is 7. The van der Waals surface area contributed by atoms with Gasteiger partial charge in [0.05, 0.1) is 7.11 Å². The Balaban J connectivity index is 1.95. The van der Waals surface area contributed by atoms with Crippen molar-refractivity contribution >= 4 is 0 Å². The first kappa shape index (κ1) is 17.2. The van der Waals surface area contributed by atoms with Crippen molar-refractivity contribution in [1.82, 2.24) is 0 Å². The molecule has 1 nitrogen and oxygen atoms in total. The summed E-state index contributed by atoms with van der Waals surface area (Å²) >= 11 is 0. The Bertz CT molecular complexity index is 499. The predicted octanol–water partition coefficient (Wildman–Crippen LogP) is 5.68. The summed E-state index contributed by atoms with van der Waals surface area (Å²) in [6, 6.07) is 1.67. The molecule has 0 heterocycles. The molecule has 2 rings (SSSR count). The molecule has 0 radical (unpaired) electrons. The molecule has 2 unspecified atom stereocenters. The van der Waals surface area contributed by atoms with E-state index >= 15 is 0 Å². The van der Waals surface area contributed by atoms with Crippen molar-refractivity contribution in [3.63, 3.8) is 0 Å². The van der Waals surface area contributed by atoms with E-state index in [-0.39, 0.29) is 5.75 Å². The van der Waals surface area contributed by atoms with Gasteiger partial charge in [-0.15, -0.1) is 0 Å². The van der Waals surface area contributed by atoms with Crippen molar-refractivity contribution in [2.75, 3.05) is 7.11 Å². The molecule has 0 bridgehead atoms. The van der Waals surface area contributed by atoms with Gasteiger partial charge in [0.15, 0.2) is 11.6 Å². The summed E-state index contributed by atoms with van der Waals surface area (Å²) in [4.78, 5) is 0. The van der Waals surface area contributed by atoms with Crippen LogP contribution in [0.5, 0.6) is 5.75 Å². The predicted molar refractivity (Wildman–Crippen MR) is 86.3 cm³/mol. The van der Waals surface area contributed by atoms with Crippen LogP contribution >= 0.6 is 0 Å². The molecule has 0 aliphatic heterocycles. The van der Waals surface area contributed by atoms with Crippen LogP contribution in [0.25, 0.3) is 0 Å². The molecular weight excluding hydrogens is 282 g/mol. The van der Waals surface area contributed by atoms with Gasteiger partial charge in [-0.2, -0.15) is 4.39 Å². The molecule has 1 aliphatic carbocycles. The summed E-state index contributed by atoms with van der Waals surface area (Å²) in [6.07, 6.45) is 8.67. The van der Waals surface area contributed by atoms with Crippen LogP contribution in [0.3, 0.4) is 0 Å². The number of methoxy groups -OCH3 is 1. The van der Waals surface area contributed by atoms with Crippen molar-refractivity contribution in [3.05, 3.63) is 28.8 Å². The van der Waals surface area contributed by atoms with Gasteiger partial charge >= 0.3 is 0 Å². The first-order valence-electron chi connectivity index (χ1n) is 8.60. The Kier molecular flexibility index (Phi) is 6.22. The van der Waals surface area contributed by atoms with Crippen molar-refractivity contribution in [2.24, 2.45) is 11.8 Å². The van der Waals surface area contributed by atoms with Gasteiger partial charge in [0, 0.05) is 0 Å². The minimum Gasteiger partial charge on any atom is -0.494 e. The number of benzene rings is 1. The van der Waals surface area contributed by atoms with Crippen LogP contribution in [-0.2, 0) is 12.8 Å². The van der Waals surface area contributed by atoms with Gasteiger partial charge in [-0.05, 0) is 48.3 Å². The van der Waals surface area contributed by atoms with E-state index in [1.54, 1.807) is 6.07 Å². The van der Waals surface area contributed by atoms with E-state index < -0.39 is 11.6 Å². The third-order valence-corrected chi connectivity index (χ3v) is 4.99. The summed E-state index contributed by atoms with van der Waals surface area (Å²) in [5, 5.41) is 0. The zero-order valence-corrected chi connectivity index (χ0v) is 14.1. The van der Waals surface area contributed by atoms with E-state index in [0.717, 1.165) is 30.7 Å². The molecule has 0 fully saturated rings.